The van der Waals surface area contributed by atoms with Gasteiger partial charge in [-0.2, -0.15) is 0 Å². The van der Waals surface area contributed by atoms with Crippen molar-refractivity contribution in [3.8, 4) is 0 Å². The molecule has 0 saturated carbocycles. The maximum Gasteiger partial charge on any atom is 0.317 e. The highest BCUT2D eigenvalue weighted by Gasteiger charge is 2.18. The van der Waals surface area contributed by atoms with E-state index in [1.807, 2.05) is 25.2 Å². The normalized spacial score (nSPS) is 16.3. The summed E-state index contributed by atoms with van der Waals surface area (Å²) in [7, 11) is 1.85. The highest BCUT2D eigenvalue weighted by molar-refractivity contribution is 5.73. The monoisotopic (exact) mass is 323 g/mol. The number of hydrogen-bond acceptors (Lipinski definition) is 2. The van der Waals surface area contributed by atoms with Crippen molar-refractivity contribution in [2.45, 2.75) is 25.4 Å². The number of rotatable bonds is 5. The second-order valence-electron chi connectivity index (χ2n) is 6.39. The van der Waals surface area contributed by atoms with Gasteiger partial charge in [0.1, 0.15) is 0 Å². The van der Waals surface area contributed by atoms with Crippen LogP contribution >= 0.6 is 0 Å². The van der Waals surface area contributed by atoms with E-state index in [1.165, 1.54) is 16.7 Å². The molecule has 0 spiro atoms. The largest absolute Gasteiger partial charge is 0.336 e. The molecule has 4 heteroatoms. The highest BCUT2D eigenvalue weighted by Crippen LogP contribution is 2.15. The first kappa shape index (κ1) is 16.5. The standard InChI is InChI=1S/C20H25N3O/c1-23(12-11-16-7-3-2-4-8-16)20(24)22-15-19-13-17-9-5-6-10-18(17)14-21-19/h2-10,19,21H,11-15H2,1H3,(H,22,24). The molecule has 2 aromatic rings. The maximum atomic E-state index is 12.2. The summed E-state index contributed by atoms with van der Waals surface area (Å²) >= 11 is 0. The fourth-order valence-electron chi connectivity index (χ4n) is 3.05. The van der Waals surface area contributed by atoms with Gasteiger partial charge in [-0.3, -0.25) is 0 Å². The number of nitrogens with one attached hydrogen (secondary N) is 2. The summed E-state index contributed by atoms with van der Waals surface area (Å²) in [4.78, 5) is 14.0. The number of carbonyl (C=O) groups is 1. The molecule has 126 valence electrons. The summed E-state index contributed by atoms with van der Waals surface area (Å²) in [6, 6.07) is 19.0. The van der Waals surface area contributed by atoms with Crippen molar-refractivity contribution in [3.63, 3.8) is 0 Å². The third-order valence-corrected chi connectivity index (χ3v) is 4.59. The predicted molar refractivity (Wildman–Crippen MR) is 96.9 cm³/mol. The first-order valence-corrected chi connectivity index (χ1v) is 8.55. The van der Waals surface area contributed by atoms with Crippen molar-refractivity contribution in [2.24, 2.45) is 0 Å². The Balaban J connectivity index is 1.42. The molecule has 2 aromatic carbocycles. The second kappa shape index (κ2) is 7.97. The molecule has 0 aromatic heterocycles. The van der Waals surface area contributed by atoms with E-state index >= 15 is 0 Å². The summed E-state index contributed by atoms with van der Waals surface area (Å²) in [6.07, 6.45) is 1.84. The van der Waals surface area contributed by atoms with Gasteiger partial charge >= 0.3 is 6.03 Å². The van der Waals surface area contributed by atoms with Crippen molar-refractivity contribution < 1.29 is 4.79 Å². The van der Waals surface area contributed by atoms with Crippen molar-refractivity contribution in [2.75, 3.05) is 20.1 Å². The molecule has 1 heterocycles. The van der Waals surface area contributed by atoms with Crippen LogP contribution in [0.15, 0.2) is 54.6 Å². The van der Waals surface area contributed by atoms with Gasteiger partial charge in [0.15, 0.2) is 0 Å². The lowest BCUT2D eigenvalue weighted by atomic mass is 9.96. The minimum absolute atomic E-state index is 0.00779. The van der Waals surface area contributed by atoms with Gasteiger partial charge in [-0.15, -0.1) is 0 Å². The molecule has 1 aliphatic rings. The van der Waals surface area contributed by atoms with Gasteiger partial charge in [-0.25, -0.2) is 4.79 Å². The molecule has 2 N–H and O–H groups in total. The molecule has 1 atom stereocenters. The lowest BCUT2D eigenvalue weighted by Crippen LogP contribution is -2.47. The average Bonchev–Trinajstić information content (AvgIpc) is 2.64. The maximum absolute atomic E-state index is 12.2. The fraction of sp³-hybridized carbons (Fsp3) is 0.350. The van der Waals surface area contributed by atoms with E-state index in [9.17, 15) is 4.79 Å². The summed E-state index contributed by atoms with van der Waals surface area (Å²) in [6.45, 7) is 2.25. The minimum Gasteiger partial charge on any atom is -0.336 e. The molecule has 1 aliphatic heterocycles. The Hall–Kier alpha value is -2.33. The zero-order chi connectivity index (χ0) is 16.8. The van der Waals surface area contributed by atoms with Gasteiger partial charge in [-0.05, 0) is 29.5 Å². The van der Waals surface area contributed by atoms with Crippen LogP contribution < -0.4 is 10.6 Å². The zero-order valence-electron chi connectivity index (χ0n) is 14.2. The number of fused-ring (bicyclic) bond motifs is 1. The van der Waals surface area contributed by atoms with E-state index in [1.54, 1.807) is 4.90 Å². The van der Waals surface area contributed by atoms with Crippen LogP contribution in [-0.2, 0) is 19.4 Å². The number of nitrogens with zero attached hydrogens (tertiary/aromatic N) is 1. The highest BCUT2D eigenvalue weighted by atomic mass is 16.2. The van der Waals surface area contributed by atoms with Gasteiger partial charge in [-0.1, -0.05) is 54.6 Å². The van der Waals surface area contributed by atoms with Crippen LogP contribution in [0.2, 0.25) is 0 Å². The van der Waals surface area contributed by atoms with Crippen LogP contribution in [0.4, 0.5) is 4.79 Å². The van der Waals surface area contributed by atoms with E-state index in [0.29, 0.717) is 12.6 Å². The topological polar surface area (TPSA) is 44.4 Å². The van der Waals surface area contributed by atoms with Crippen LogP contribution in [-0.4, -0.2) is 37.1 Å². The number of benzene rings is 2. The van der Waals surface area contributed by atoms with E-state index in [-0.39, 0.29) is 6.03 Å². The Bertz CT molecular complexity index is 672. The third kappa shape index (κ3) is 4.36. The van der Waals surface area contributed by atoms with Gasteiger partial charge in [0, 0.05) is 32.7 Å². The van der Waals surface area contributed by atoms with Crippen molar-refractivity contribution in [1.82, 2.24) is 15.5 Å². The lowest BCUT2D eigenvalue weighted by molar-refractivity contribution is 0.207. The fourth-order valence-corrected chi connectivity index (χ4v) is 3.05. The number of likely N-dealkylation sites (N-methyl/N-ethyl adjacent to an activating group) is 1. The van der Waals surface area contributed by atoms with E-state index in [0.717, 1.165) is 25.9 Å². The molecule has 0 bridgehead atoms. The van der Waals surface area contributed by atoms with Crippen molar-refractivity contribution >= 4 is 6.03 Å². The first-order chi connectivity index (χ1) is 11.7. The third-order valence-electron chi connectivity index (χ3n) is 4.59. The predicted octanol–water partition coefficient (Wildman–Crippen LogP) is 2.59. The summed E-state index contributed by atoms with van der Waals surface area (Å²) in [5.74, 6) is 0. The Morgan fingerprint density at radius 1 is 1.12 bits per heavy atom. The Kier molecular flexibility index (Phi) is 5.49. The molecular weight excluding hydrogens is 298 g/mol. The molecule has 0 fully saturated rings. The van der Waals surface area contributed by atoms with Gasteiger partial charge < -0.3 is 15.5 Å². The summed E-state index contributed by atoms with van der Waals surface area (Å²) < 4.78 is 0. The first-order valence-electron chi connectivity index (χ1n) is 8.55. The van der Waals surface area contributed by atoms with E-state index in [2.05, 4.69) is 47.0 Å². The Labute approximate surface area is 143 Å². The SMILES string of the molecule is CN(CCc1ccccc1)C(=O)NCC1Cc2ccccc2CN1. The molecule has 24 heavy (non-hydrogen) atoms. The lowest BCUT2D eigenvalue weighted by Gasteiger charge is -2.27. The van der Waals surface area contributed by atoms with Crippen LogP contribution in [0.5, 0.6) is 0 Å². The summed E-state index contributed by atoms with van der Waals surface area (Å²) in [5, 5.41) is 6.54. The number of hydrogen-bond donors (Lipinski definition) is 2. The van der Waals surface area contributed by atoms with E-state index < -0.39 is 0 Å². The second-order valence-corrected chi connectivity index (χ2v) is 6.39. The minimum atomic E-state index is -0.00779. The Morgan fingerprint density at radius 2 is 1.83 bits per heavy atom. The average molecular weight is 323 g/mol. The molecule has 3 rings (SSSR count). The zero-order valence-corrected chi connectivity index (χ0v) is 14.2. The van der Waals surface area contributed by atoms with Gasteiger partial charge in [0.2, 0.25) is 0 Å². The number of urea groups is 1. The molecule has 0 aliphatic carbocycles. The molecule has 2 amide bonds. The van der Waals surface area contributed by atoms with Crippen LogP contribution in [0, 0.1) is 0 Å². The Morgan fingerprint density at radius 3 is 2.62 bits per heavy atom. The van der Waals surface area contributed by atoms with Crippen molar-refractivity contribution in [3.05, 3.63) is 71.3 Å². The van der Waals surface area contributed by atoms with Crippen molar-refractivity contribution in [1.29, 1.82) is 0 Å². The van der Waals surface area contributed by atoms with E-state index in [4.69, 9.17) is 0 Å². The molecule has 0 radical (unpaired) electrons. The molecule has 4 nitrogen and oxygen atoms in total. The van der Waals surface area contributed by atoms with Crippen LogP contribution in [0.3, 0.4) is 0 Å². The molecule has 1 unspecified atom stereocenters. The van der Waals surface area contributed by atoms with Crippen LogP contribution in [0.1, 0.15) is 16.7 Å². The number of amides is 2. The number of carbonyl (C=O) groups excluding carboxylic acids is 1. The molecular formula is C20H25N3O. The quantitative estimate of drug-likeness (QED) is 0.888. The van der Waals surface area contributed by atoms with Gasteiger partial charge in [0.25, 0.3) is 0 Å². The summed E-state index contributed by atoms with van der Waals surface area (Å²) in [5.41, 5.74) is 4.00. The smallest absolute Gasteiger partial charge is 0.317 e. The van der Waals surface area contributed by atoms with Crippen LogP contribution in [0.25, 0.3) is 0 Å². The van der Waals surface area contributed by atoms with Gasteiger partial charge in [0.05, 0.1) is 0 Å². The molecule has 0 saturated heterocycles.